The van der Waals surface area contributed by atoms with Gasteiger partial charge in [-0.2, -0.15) is 0 Å². The lowest BCUT2D eigenvalue weighted by Crippen LogP contribution is -2.37. The average Bonchev–Trinajstić information content (AvgIpc) is 2.67. The van der Waals surface area contributed by atoms with Gasteiger partial charge in [0.15, 0.2) is 5.78 Å². The number of Topliss-reactive ketones (excluding diaryl/α,β-unsaturated/α-hetero) is 1. The van der Waals surface area contributed by atoms with Gasteiger partial charge in [0.05, 0.1) is 20.3 Å². The highest BCUT2D eigenvalue weighted by Crippen LogP contribution is 2.18. The van der Waals surface area contributed by atoms with Crippen molar-refractivity contribution in [2.24, 2.45) is 0 Å². The van der Waals surface area contributed by atoms with Crippen molar-refractivity contribution < 1.29 is 28.2 Å². The molecule has 0 aromatic heterocycles. The Bertz CT molecular complexity index is 802. The van der Waals surface area contributed by atoms with Gasteiger partial charge in [-0.3, -0.25) is 14.4 Å². The number of rotatable bonds is 8. The molecule has 2 aromatic carbocycles. The number of halogens is 1. The zero-order valence-electron chi connectivity index (χ0n) is 15.1. The van der Waals surface area contributed by atoms with Gasteiger partial charge in [0.2, 0.25) is 5.91 Å². The molecule has 0 aliphatic rings. The second kappa shape index (κ2) is 9.47. The van der Waals surface area contributed by atoms with Crippen LogP contribution in [-0.2, 0) is 14.3 Å². The molecule has 2 rings (SSSR count). The van der Waals surface area contributed by atoms with Crippen LogP contribution >= 0.6 is 0 Å². The van der Waals surface area contributed by atoms with Crippen LogP contribution in [0.4, 0.5) is 10.1 Å². The van der Waals surface area contributed by atoms with Gasteiger partial charge in [-0.15, -0.1) is 0 Å². The number of esters is 1. The van der Waals surface area contributed by atoms with E-state index >= 15 is 0 Å². The zero-order valence-corrected chi connectivity index (χ0v) is 15.1. The van der Waals surface area contributed by atoms with E-state index < -0.39 is 24.1 Å². The molecule has 7 heteroatoms. The molecule has 6 nitrogen and oxygen atoms in total. The van der Waals surface area contributed by atoms with Gasteiger partial charge in [0.25, 0.3) is 0 Å². The molecule has 0 N–H and O–H groups in total. The number of nitrogens with zero attached hydrogens (tertiary/aromatic N) is 1. The van der Waals surface area contributed by atoms with E-state index in [0.717, 1.165) is 4.90 Å². The lowest BCUT2D eigenvalue weighted by Gasteiger charge is -2.22. The zero-order chi connectivity index (χ0) is 19.8. The predicted molar refractivity (Wildman–Crippen MR) is 97.3 cm³/mol. The molecular formula is C20H20FNO5. The molecular weight excluding hydrogens is 353 g/mol. The largest absolute Gasteiger partial charge is 0.497 e. The van der Waals surface area contributed by atoms with Crippen LogP contribution in [0.3, 0.4) is 0 Å². The van der Waals surface area contributed by atoms with Crippen molar-refractivity contribution in [1.29, 1.82) is 0 Å². The lowest BCUT2D eigenvalue weighted by atomic mass is 10.1. The second-order valence-corrected chi connectivity index (χ2v) is 5.59. The Hall–Kier alpha value is -3.22. The quantitative estimate of drug-likeness (QED) is 0.404. The first-order chi connectivity index (χ1) is 12.9. The third kappa shape index (κ3) is 5.64. The molecule has 0 atom stereocenters. The molecule has 142 valence electrons. The van der Waals surface area contributed by atoms with Gasteiger partial charge in [0.1, 0.15) is 18.0 Å². The highest BCUT2D eigenvalue weighted by Gasteiger charge is 2.23. The maximum absolute atomic E-state index is 13.2. The van der Waals surface area contributed by atoms with Crippen molar-refractivity contribution in [2.45, 2.75) is 13.3 Å². The Morgan fingerprint density at radius 2 is 1.63 bits per heavy atom. The Balaban J connectivity index is 2.22. The maximum atomic E-state index is 13.2. The molecule has 0 spiro atoms. The van der Waals surface area contributed by atoms with Crippen LogP contribution in [0.2, 0.25) is 0 Å². The first-order valence-corrected chi connectivity index (χ1v) is 8.33. The molecule has 0 saturated carbocycles. The molecule has 0 unspecified atom stereocenters. The fourth-order valence-electron chi connectivity index (χ4n) is 2.39. The molecule has 27 heavy (non-hydrogen) atoms. The van der Waals surface area contributed by atoms with Crippen molar-refractivity contribution in [3.63, 3.8) is 0 Å². The van der Waals surface area contributed by atoms with E-state index in [4.69, 9.17) is 9.47 Å². The minimum atomic E-state index is -0.688. The normalized spacial score (nSPS) is 10.2. The summed E-state index contributed by atoms with van der Waals surface area (Å²) >= 11 is 0. The first-order valence-electron chi connectivity index (χ1n) is 8.33. The van der Waals surface area contributed by atoms with E-state index in [0.29, 0.717) is 17.0 Å². The summed E-state index contributed by atoms with van der Waals surface area (Å²) in [6.45, 7) is 1.48. The minimum Gasteiger partial charge on any atom is -0.497 e. The smallest absolute Gasteiger partial charge is 0.315 e. The van der Waals surface area contributed by atoms with Crippen molar-refractivity contribution in [3.05, 3.63) is 59.9 Å². The standard InChI is InChI=1S/C20H20FNO5/c1-3-27-20(25)12-19(24)22(16-8-6-15(21)7-9-16)13-18(23)14-4-10-17(26-2)11-5-14/h4-11H,3,12-13H2,1-2H3. The number of ketones is 1. The van der Waals surface area contributed by atoms with E-state index in [-0.39, 0.29) is 18.9 Å². The van der Waals surface area contributed by atoms with Crippen LogP contribution in [0.5, 0.6) is 5.75 Å². The van der Waals surface area contributed by atoms with Crippen LogP contribution < -0.4 is 9.64 Å². The van der Waals surface area contributed by atoms with Gasteiger partial charge < -0.3 is 14.4 Å². The Kier molecular flexibility index (Phi) is 7.05. The summed E-state index contributed by atoms with van der Waals surface area (Å²) in [5, 5.41) is 0. The van der Waals surface area contributed by atoms with Crippen LogP contribution in [0.25, 0.3) is 0 Å². The number of carbonyl (C=O) groups excluding carboxylic acids is 3. The number of anilines is 1. The second-order valence-electron chi connectivity index (χ2n) is 5.59. The average molecular weight is 373 g/mol. The summed E-state index contributed by atoms with van der Waals surface area (Å²) in [6, 6.07) is 11.5. The third-order valence-electron chi connectivity index (χ3n) is 3.75. The molecule has 1 amide bonds. The van der Waals surface area contributed by atoms with Crippen LogP contribution in [0.15, 0.2) is 48.5 Å². The molecule has 2 aromatic rings. The van der Waals surface area contributed by atoms with Gasteiger partial charge in [0, 0.05) is 11.3 Å². The Labute approximate surface area is 156 Å². The highest BCUT2D eigenvalue weighted by atomic mass is 19.1. The Morgan fingerprint density at radius 1 is 1.00 bits per heavy atom. The van der Waals surface area contributed by atoms with Crippen LogP contribution in [0, 0.1) is 5.82 Å². The molecule has 0 saturated heterocycles. The summed E-state index contributed by atoms with van der Waals surface area (Å²) in [4.78, 5) is 37.9. The van der Waals surface area contributed by atoms with Gasteiger partial charge in [-0.25, -0.2) is 4.39 Å². The molecule has 0 fully saturated rings. The number of carbonyl (C=O) groups is 3. The molecule has 0 aliphatic carbocycles. The minimum absolute atomic E-state index is 0.146. The summed E-state index contributed by atoms with van der Waals surface area (Å²) < 4.78 is 23.0. The summed E-state index contributed by atoms with van der Waals surface area (Å²) in [6.07, 6.45) is -0.513. The number of hydrogen-bond donors (Lipinski definition) is 0. The van der Waals surface area contributed by atoms with E-state index in [1.807, 2.05) is 0 Å². The first kappa shape index (κ1) is 20.1. The summed E-state index contributed by atoms with van der Waals surface area (Å²) in [5.74, 6) is -1.51. The van der Waals surface area contributed by atoms with E-state index in [9.17, 15) is 18.8 Å². The van der Waals surface area contributed by atoms with Crippen molar-refractivity contribution in [2.75, 3.05) is 25.2 Å². The summed E-state index contributed by atoms with van der Waals surface area (Å²) in [5.41, 5.74) is 0.694. The van der Waals surface area contributed by atoms with E-state index in [1.54, 1.807) is 31.2 Å². The number of hydrogen-bond acceptors (Lipinski definition) is 5. The van der Waals surface area contributed by atoms with Gasteiger partial charge in [-0.05, 0) is 55.5 Å². The van der Waals surface area contributed by atoms with Gasteiger partial charge >= 0.3 is 5.97 Å². The predicted octanol–water partition coefficient (Wildman–Crippen LogP) is 3.00. The monoisotopic (exact) mass is 373 g/mol. The number of ether oxygens (including phenoxy) is 2. The topological polar surface area (TPSA) is 72.9 Å². The molecule has 0 heterocycles. The fourth-order valence-corrected chi connectivity index (χ4v) is 2.39. The lowest BCUT2D eigenvalue weighted by molar-refractivity contribution is -0.145. The van der Waals surface area contributed by atoms with Crippen molar-refractivity contribution in [1.82, 2.24) is 0 Å². The molecule has 0 radical (unpaired) electrons. The van der Waals surface area contributed by atoms with Gasteiger partial charge in [-0.1, -0.05) is 0 Å². The number of amides is 1. The fraction of sp³-hybridized carbons (Fsp3) is 0.250. The maximum Gasteiger partial charge on any atom is 0.315 e. The SMILES string of the molecule is CCOC(=O)CC(=O)N(CC(=O)c1ccc(OC)cc1)c1ccc(F)cc1. The molecule has 0 aliphatic heterocycles. The van der Waals surface area contributed by atoms with E-state index in [1.165, 1.54) is 31.4 Å². The third-order valence-corrected chi connectivity index (χ3v) is 3.75. The van der Waals surface area contributed by atoms with Crippen LogP contribution in [-0.4, -0.2) is 37.9 Å². The number of benzene rings is 2. The number of methoxy groups -OCH3 is 1. The van der Waals surface area contributed by atoms with E-state index in [2.05, 4.69) is 0 Å². The highest BCUT2D eigenvalue weighted by molar-refractivity contribution is 6.09. The van der Waals surface area contributed by atoms with Crippen LogP contribution in [0.1, 0.15) is 23.7 Å². The van der Waals surface area contributed by atoms with Crippen molar-refractivity contribution >= 4 is 23.3 Å². The summed E-state index contributed by atoms with van der Waals surface area (Å²) in [7, 11) is 1.52. The molecule has 0 bridgehead atoms. The van der Waals surface area contributed by atoms with Crippen molar-refractivity contribution in [3.8, 4) is 5.75 Å². The Morgan fingerprint density at radius 3 is 2.19 bits per heavy atom.